The highest BCUT2D eigenvalue weighted by Gasteiger charge is 2.31. The summed E-state index contributed by atoms with van der Waals surface area (Å²) in [6.07, 6.45) is 3.55. The number of benzene rings is 1. The van der Waals surface area contributed by atoms with Crippen molar-refractivity contribution in [2.45, 2.75) is 43.5 Å². The van der Waals surface area contributed by atoms with Gasteiger partial charge in [-0.3, -0.25) is 4.79 Å². The molecule has 1 amide bonds. The van der Waals surface area contributed by atoms with E-state index in [0.717, 1.165) is 37.8 Å². The SMILES string of the molecule is CC1CCCN(C(=O)c2ccc(F)c(S(=O)(=O)NC3CC3)c2)C1. The van der Waals surface area contributed by atoms with E-state index >= 15 is 0 Å². The van der Waals surface area contributed by atoms with Crippen LogP contribution in [0.2, 0.25) is 0 Å². The van der Waals surface area contributed by atoms with E-state index in [4.69, 9.17) is 0 Å². The smallest absolute Gasteiger partial charge is 0.253 e. The standard InChI is InChI=1S/C16H21FN2O3S/c1-11-3-2-8-19(10-11)16(20)12-4-7-14(17)15(9-12)23(21,22)18-13-5-6-13/h4,7,9,11,13,18H,2-3,5-6,8,10H2,1H3. The summed E-state index contributed by atoms with van der Waals surface area (Å²) in [6, 6.07) is 3.46. The summed E-state index contributed by atoms with van der Waals surface area (Å²) in [5.41, 5.74) is 0.219. The Morgan fingerprint density at radius 3 is 2.70 bits per heavy atom. The van der Waals surface area contributed by atoms with Gasteiger partial charge in [-0.1, -0.05) is 6.92 Å². The average Bonchev–Trinajstić information content (AvgIpc) is 3.30. The molecule has 1 saturated carbocycles. The van der Waals surface area contributed by atoms with E-state index in [2.05, 4.69) is 11.6 Å². The highest BCUT2D eigenvalue weighted by Crippen LogP contribution is 2.25. The minimum absolute atomic E-state index is 0.110. The summed E-state index contributed by atoms with van der Waals surface area (Å²) >= 11 is 0. The molecule has 1 heterocycles. The molecule has 0 aromatic heterocycles. The fourth-order valence-electron chi connectivity index (χ4n) is 2.88. The lowest BCUT2D eigenvalue weighted by Crippen LogP contribution is -2.39. The third-order valence-corrected chi connectivity index (χ3v) is 5.85. The molecule has 126 valence electrons. The summed E-state index contributed by atoms with van der Waals surface area (Å²) in [5.74, 6) is -0.644. The zero-order chi connectivity index (χ0) is 16.6. The van der Waals surface area contributed by atoms with E-state index in [0.29, 0.717) is 19.0 Å². The quantitative estimate of drug-likeness (QED) is 0.913. The Kier molecular flexibility index (Phi) is 4.42. The van der Waals surface area contributed by atoms with E-state index in [1.165, 1.54) is 6.07 Å². The number of piperidine rings is 1. The largest absolute Gasteiger partial charge is 0.338 e. The third kappa shape index (κ3) is 3.72. The first-order valence-electron chi connectivity index (χ1n) is 7.98. The third-order valence-electron chi connectivity index (χ3n) is 4.31. The second-order valence-electron chi connectivity index (χ2n) is 6.54. The number of likely N-dealkylation sites (tertiary alicyclic amines) is 1. The first kappa shape index (κ1) is 16.4. The summed E-state index contributed by atoms with van der Waals surface area (Å²) in [7, 11) is -3.92. The van der Waals surface area contributed by atoms with Crippen LogP contribution in [0.25, 0.3) is 0 Å². The molecule has 0 spiro atoms. The van der Waals surface area contributed by atoms with Crippen LogP contribution in [-0.2, 0) is 10.0 Å². The van der Waals surface area contributed by atoms with Crippen LogP contribution >= 0.6 is 0 Å². The lowest BCUT2D eigenvalue weighted by Gasteiger charge is -2.31. The van der Waals surface area contributed by atoms with Crippen molar-refractivity contribution in [2.75, 3.05) is 13.1 Å². The molecule has 1 N–H and O–H groups in total. The predicted octanol–water partition coefficient (Wildman–Crippen LogP) is 2.14. The zero-order valence-corrected chi connectivity index (χ0v) is 13.9. The molecule has 3 rings (SSSR count). The van der Waals surface area contributed by atoms with E-state index in [1.807, 2.05) is 0 Å². The van der Waals surface area contributed by atoms with Gasteiger partial charge in [0.2, 0.25) is 10.0 Å². The molecule has 2 fully saturated rings. The molecule has 1 unspecified atom stereocenters. The molecule has 1 aromatic carbocycles. The molecule has 5 nitrogen and oxygen atoms in total. The van der Waals surface area contributed by atoms with Crippen molar-refractivity contribution in [3.8, 4) is 0 Å². The molecule has 7 heteroatoms. The maximum atomic E-state index is 14.0. The van der Waals surface area contributed by atoms with Gasteiger partial charge >= 0.3 is 0 Å². The molecule has 0 radical (unpaired) electrons. The van der Waals surface area contributed by atoms with Crippen molar-refractivity contribution >= 4 is 15.9 Å². The molecule has 2 aliphatic rings. The number of amides is 1. The Bertz CT molecular complexity index is 716. The van der Waals surface area contributed by atoms with Crippen molar-refractivity contribution in [3.05, 3.63) is 29.6 Å². The second-order valence-corrected chi connectivity index (χ2v) is 8.22. The number of hydrogen-bond acceptors (Lipinski definition) is 3. The Hall–Kier alpha value is -1.47. The maximum Gasteiger partial charge on any atom is 0.253 e. The Labute approximate surface area is 135 Å². The lowest BCUT2D eigenvalue weighted by molar-refractivity contribution is 0.0682. The van der Waals surface area contributed by atoms with Gasteiger partial charge in [0, 0.05) is 24.7 Å². The number of rotatable bonds is 4. The van der Waals surface area contributed by atoms with Gasteiger partial charge in [0.1, 0.15) is 10.7 Å². The number of nitrogens with zero attached hydrogens (tertiary/aromatic N) is 1. The number of carbonyl (C=O) groups is 1. The molecule has 1 saturated heterocycles. The van der Waals surface area contributed by atoms with Crippen molar-refractivity contribution in [1.29, 1.82) is 0 Å². The average molecular weight is 340 g/mol. The summed E-state index contributed by atoms with van der Waals surface area (Å²) < 4.78 is 40.9. The van der Waals surface area contributed by atoms with Crippen LogP contribution in [-0.4, -0.2) is 38.4 Å². The number of carbonyl (C=O) groups excluding carboxylic acids is 1. The van der Waals surface area contributed by atoms with E-state index in [1.54, 1.807) is 4.90 Å². The van der Waals surface area contributed by atoms with E-state index in [-0.39, 0.29) is 17.5 Å². The van der Waals surface area contributed by atoms with Crippen molar-refractivity contribution in [3.63, 3.8) is 0 Å². The highest BCUT2D eigenvalue weighted by molar-refractivity contribution is 7.89. The lowest BCUT2D eigenvalue weighted by atomic mass is 9.99. The molecular formula is C16H21FN2O3S. The normalized spacial score (nSPS) is 22.2. The zero-order valence-electron chi connectivity index (χ0n) is 13.1. The predicted molar refractivity (Wildman–Crippen MR) is 84.0 cm³/mol. The van der Waals surface area contributed by atoms with Gasteiger partial charge in [-0.2, -0.15) is 0 Å². The van der Waals surface area contributed by atoms with Gasteiger partial charge in [0.25, 0.3) is 5.91 Å². The fraction of sp³-hybridized carbons (Fsp3) is 0.562. The molecular weight excluding hydrogens is 319 g/mol. The Balaban J connectivity index is 1.86. The highest BCUT2D eigenvalue weighted by atomic mass is 32.2. The van der Waals surface area contributed by atoms with Gasteiger partial charge < -0.3 is 4.90 Å². The van der Waals surface area contributed by atoms with Crippen LogP contribution in [0.5, 0.6) is 0 Å². The van der Waals surface area contributed by atoms with Gasteiger partial charge in [0.15, 0.2) is 0 Å². The fourth-order valence-corrected chi connectivity index (χ4v) is 4.29. The number of hydrogen-bond donors (Lipinski definition) is 1. The van der Waals surface area contributed by atoms with Crippen LogP contribution in [0.3, 0.4) is 0 Å². The van der Waals surface area contributed by atoms with Crippen molar-refractivity contribution in [2.24, 2.45) is 5.92 Å². The number of halogens is 1. The summed E-state index contributed by atoms with van der Waals surface area (Å²) in [5, 5.41) is 0. The maximum absolute atomic E-state index is 14.0. The molecule has 23 heavy (non-hydrogen) atoms. The van der Waals surface area contributed by atoms with Crippen LogP contribution in [0.1, 0.15) is 43.0 Å². The van der Waals surface area contributed by atoms with Crippen LogP contribution in [0.15, 0.2) is 23.1 Å². The molecule has 1 aliphatic carbocycles. The first-order valence-corrected chi connectivity index (χ1v) is 9.46. The topological polar surface area (TPSA) is 66.5 Å². The van der Waals surface area contributed by atoms with E-state index < -0.39 is 20.7 Å². The van der Waals surface area contributed by atoms with Crippen LogP contribution in [0, 0.1) is 11.7 Å². The number of nitrogens with one attached hydrogen (secondary N) is 1. The molecule has 1 atom stereocenters. The molecule has 1 aliphatic heterocycles. The molecule has 1 aromatic rings. The number of sulfonamides is 1. The molecule has 0 bridgehead atoms. The minimum atomic E-state index is -3.92. The van der Waals surface area contributed by atoms with Gasteiger partial charge in [-0.25, -0.2) is 17.5 Å². The monoisotopic (exact) mass is 340 g/mol. The Morgan fingerprint density at radius 2 is 2.04 bits per heavy atom. The van der Waals surface area contributed by atoms with Gasteiger partial charge in [-0.05, 0) is 49.8 Å². The van der Waals surface area contributed by atoms with Gasteiger partial charge in [0.05, 0.1) is 0 Å². The summed E-state index contributed by atoms with van der Waals surface area (Å²) in [6.45, 7) is 3.39. The van der Waals surface area contributed by atoms with E-state index in [9.17, 15) is 17.6 Å². The van der Waals surface area contributed by atoms with Crippen molar-refractivity contribution in [1.82, 2.24) is 9.62 Å². The van der Waals surface area contributed by atoms with Crippen LogP contribution < -0.4 is 4.72 Å². The minimum Gasteiger partial charge on any atom is -0.338 e. The van der Waals surface area contributed by atoms with Crippen molar-refractivity contribution < 1.29 is 17.6 Å². The van der Waals surface area contributed by atoms with Gasteiger partial charge in [-0.15, -0.1) is 0 Å². The van der Waals surface area contributed by atoms with Crippen LogP contribution in [0.4, 0.5) is 4.39 Å². The second kappa shape index (κ2) is 6.20. The summed E-state index contributed by atoms with van der Waals surface area (Å²) in [4.78, 5) is 13.8. The first-order chi connectivity index (χ1) is 10.9. The Morgan fingerprint density at radius 1 is 1.30 bits per heavy atom.